The predicted octanol–water partition coefficient (Wildman–Crippen LogP) is 4.69. The second-order valence-electron chi connectivity index (χ2n) is 6.96. The summed E-state index contributed by atoms with van der Waals surface area (Å²) in [6.45, 7) is 1.06. The van der Waals surface area contributed by atoms with Crippen LogP contribution in [0, 0.1) is 0 Å². The van der Waals surface area contributed by atoms with E-state index in [1.807, 2.05) is 48.5 Å². The zero-order chi connectivity index (χ0) is 18.5. The Balaban J connectivity index is 1.54. The Morgan fingerprint density at radius 3 is 1.78 bits per heavy atom. The molecular weight excluding hydrogens is 336 g/mol. The fourth-order valence-electron chi connectivity index (χ4n) is 3.54. The maximum Gasteiger partial charge on any atom is 0.123 e. The van der Waals surface area contributed by atoms with Crippen LogP contribution in [0.15, 0.2) is 72.8 Å². The van der Waals surface area contributed by atoms with Crippen LogP contribution < -0.4 is 9.47 Å². The summed E-state index contributed by atoms with van der Waals surface area (Å²) in [5, 5.41) is 10.2. The summed E-state index contributed by atoms with van der Waals surface area (Å²) >= 11 is 0. The third kappa shape index (κ3) is 4.32. The van der Waals surface area contributed by atoms with Crippen LogP contribution in [0.4, 0.5) is 0 Å². The number of hydrogen-bond acceptors (Lipinski definition) is 3. The second kappa shape index (κ2) is 8.28. The van der Waals surface area contributed by atoms with E-state index in [9.17, 15) is 5.11 Å². The predicted molar refractivity (Wildman–Crippen MR) is 106 cm³/mol. The van der Waals surface area contributed by atoms with Crippen LogP contribution in [0.5, 0.6) is 11.5 Å². The first-order chi connectivity index (χ1) is 13.3. The highest BCUT2D eigenvalue weighted by Crippen LogP contribution is 2.37. The van der Waals surface area contributed by atoms with E-state index >= 15 is 0 Å². The minimum atomic E-state index is -0.319. The average Bonchev–Trinajstić information content (AvgIpc) is 2.72. The van der Waals surface area contributed by atoms with Crippen LogP contribution in [0.25, 0.3) is 0 Å². The van der Waals surface area contributed by atoms with Gasteiger partial charge in [0.1, 0.15) is 24.7 Å². The Morgan fingerprint density at radius 1 is 0.704 bits per heavy atom. The van der Waals surface area contributed by atoms with Gasteiger partial charge in [-0.25, -0.2) is 0 Å². The number of rotatable bonds is 6. The maximum atomic E-state index is 10.2. The van der Waals surface area contributed by atoms with Crippen molar-refractivity contribution in [3.8, 4) is 11.5 Å². The Bertz CT molecular complexity index is 875. The van der Waals surface area contributed by atoms with Crippen molar-refractivity contribution in [2.75, 3.05) is 0 Å². The molecule has 0 radical (unpaired) electrons. The summed E-state index contributed by atoms with van der Waals surface area (Å²) in [5.74, 6) is 1.74. The molecule has 0 aromatic heterocycles. The van der Waals surface area contributed by atoms with Crippen molar-refractivity contribution in [2.45, 2.75) is 38.6 Å². The molecule has 0 bridgehead atoms. The summed E-state index contributed by atoms with van der Waals surface area (Å²) in [7, 11) is 0. The van der Waals surface area contributed by atoms with Gasteiger partial charge in [-0.1, -0.05) is 60.7 Å². The van der Waals surface area contributed by atoms with Gasteiger partial charge in [0.05, 0.1) is 6.10 Å². The minimum Gasteiger partial charge on any atom is -0.489 e. The van der Waals surface area contributed by atoms with Gasteiger partial charge < -0.3 is 14.6 Å². The molecule has 1 unspecified atom stereocenters. The van der Waals surface area contributed by atoms with Crippen molar-refractivity contribution in [1.82, 2.24) is 0 Å². The van der Waals surface area contributed by atoms with E-state index in [-0.39, 0.29) is 6.10 Å². The van der Waals surface area contributed by atoms with E-state index in [2.05, 4.69) is 24.3 Å². The van der Waals surface area contributed by atoms with Gasteiger partial charge in [-0.3, -0.25) is 0 Å². The van der Waals surface area contributed by atoms with Crippen LogP contribution in [-0.2, 0) is 26.1 Å². The highest BCUT2D eigenvalue weighted by molar-refractivity contribution is 5.50. The third-order valence-electron chi connectivity index (χ3n) is 4.99. The van der Waals surface area contributed by atoms with E-state index in [0.717, 1.165) is 41.0 Å². The zero-order valence-corrected chi connectivity index (χ0v) is 15.3. The van der Waals surface area contributed by atoms with Crippen molar-refractivity contribution in [3.05, 3.63) is 95.1 Å². The van der Waals surface area contributed by atoms with Crippen molar-refractivity contribution in [1.29, 1.82) is 0 Å². The molecule has 0 heterocycles. The van der Waals surface area contributed by atoms with Gasteiger partial charge in [-0.05, 0) is 36.1 Å². The van der Waals surface area contributed by atoms with Gasteiger partial charge in [0, 0.05) is 17.5 Å². The molecule has 0 fully saturated rings. The molecule has 27 heavy (non-hydrogen) atoms. The fraction of sp³-hybridized carbons (Fsp3) is 0.250. The fourth-order valence-corrected chi connectivity index (χ4v) is 3.54. The Hall–Kier alpha value is -2.78. The summed E-state index contributed by atoms with van der Waals surface area (Å²) in [5.41, 5.74) is 4.52. The number of ether oxygens (including phenoxy) is 2. The molecule has 3 heteroatoms. The van der Waals surface area contributed by atoms with Crippen molar-refractivity contribution in [3.63, 3.8) is 0 Å². The maximum absolute atomic E-state index is 10.2. The number of aliphatic hydroxyl groups is 1. The molecule has 1 atom stereocenters. The smallest absolute Gasteiger partial charge is 0.123 e. The lowest BCUT2D eigenvalue weighted by atomic mass is 9.88. The van der Waals surface area contributed by atoms with Crippen LogP contribution >= 0.6 is 0 Å². The third-order valence-corrected chi connectivity index (χ3v) is 4.99. The Morgan fingerprint density at radius 2 is 1.22 bits per heavy atom. The lowest BCUT2D eigenvalue weighted by Crippen LogP contribution is -2.20. The lowest BCUT2D eigenvalue weighted by Gasteiger charge is -2.25. The minimum absolute atomic E-state index is 0.319. The SMILES string of the molecule is OC1CCc2c(OCc3ccccc3)ccc(OCc3ccccc3)c2C1. The van der Waals surface area contributed by atoms with Crippen LogP contribution in [0.1, 0.15) is 28.7 Å². The molecular formula is C24H24O3. The molecule has 0 saturated carbocycles. The second-order valence-corrected chi connectivity index (χ2v) is 6.96. The highest BCUT2D eigenvalue weighted by atomic mass is 16.5. The largest absolute Gasteiger partial charge is 0.489 e. The number of aliphatic hydroxyl groups excluding tert-OH is 1. The summed E-state index contributed by atoms with van der Waals surface area (Å²) in [6.07, 6.45) is 1.86. The molecule has 0 amide bonds. The molecule has 0 saturated heterocycles. The van der Waals surface area contributed by atoms with Gasteiger partial charge >= 0.3 is 0 Å². The zero-order valence-electron chi connectivity index (χ0n) is 15.3. The molecule has 3 nitrogen and oxygen atoms in total. The molecule has 1 aliphatic carbocycles. The monoisotopic (exact) mass is 360 g/mol. The van der Waals surface area contributed by atoms with Gasteiger partial charge in [0.15, 0.2) is 0 Å². The Labute approximate surface area is 160 Å². The summed E-state index contributed by atoms with van der Waals surface area (Å²) in [4.78, 5) is 0. The first-order valence-electron chi connectivity index (χ1n) is 9.46. The van der Waals surface area contributed by atoms with Gasteiger partial charge in [0.2, 0.25) is 0 Å². The van der Waals surface area contributed by atoms with Gasteiger partial charge in [0.25, 0.3) is 0 Å². The molecule has 138 valence electrons. The average molecular weight is 360 g/mol. The summed E-state index contributed by atoms with van der Waals surface area (Å²) in [6, 6.07) is 24.3. The lowest BCUT2D eigenvalue weighted by molar-refractivity contribution is 0.155. The molecule has 1 aliphatic rings. The van der Waals surface area contributed by atoms with E-state index in [1.165, 1.54) is 5.56 Å². The number of fused-ring (bicyclic) bond motifs is 1. The Kier molecular flexibility index (Phi) is 5.40. The molecule has 3 aromatic carbocycles. The standard InChI is InChI=1S/C24H24O3/c25-20-11-12-21-22(15-20)24(27-17-19-9-5-2-6-10-19)14-13-23(21)26-16-18-7-3-1-4-8-18/h1-10,13-14,20,25H,11-12,15-17H2. The summed E-state index contributed by atoms with van der Waals surface area (Å²) < 4.78 is 12.2. The first kappa shape index (κ1) is 17.6. The van der Waals surface area contributed by atoms with Crippen molar-refractivity contribution >= 4 is 0 Å². The topological polar surface area (TPSA) is 38.7 Å². The van der Waals surface area contributed by atoms with E-state index in [1.54, 1.807) is 0 Å². The number of hydrogen-bond donors (Lipinski definition) is 1. The van der Waals surface area contributed by atoms with E-state index in [4.69, 9.17) is 9.47 Å². The molecule has 4 rings (SSSR count). The molecule has 0 aliphatic heterocycles. The normalized spacial score (nSPS) is 15.8. The van der Waals surface area contributed by atoms with Crippen LogP contribution in [0.2, 0.25) is 0 Å². The molecule has 3 aromatic rings. The van der Waals surface area contributed by atoms with Crippen LogP contribution in [-0.4, -0.2) is 11.2 Å². The number of benzene rings is 3. The first-order valence-corrected chi connectivity index (χ1v) is 9.46. The van der Waals surface area contributed by atoms with Gasteiger partial charge in [-0.15, -0.1) is 0 Å². The molecule has 0 spiro atoms. The van der Waals surface area contributed by atoms with Gasteiger partial charge in [-0.2, -0.15) is 0 Å². The quantitative estimate of drug-likeness (QED) is 0.693. The van der Waals surface area contributed by atoms with Crippen molar-refractivity contribution < 1.29 is 14.6 Å². The van der Waals surface area contributed by atoms with E-state index in [0.29, 0.717) is 19.6 Å². The highest BCUT2D eigenvalue weighted by Gasteiger charge is 2.23. The van der Waals surface area contributed by atoms with E-state index < -0.39 is 0 Å². The van der Waals surface area contributed by atoms with Crippen LogP contribution in [0.3, 0.4) is 0 Å². The molecule has 1 N–H and O–H groups in total. The van der Waals surface area contributed by atoms with Crippen molar-refractivity contribution in [2.24, 2.45) is 0 Å².